The van der Waals surface area contributed by atoms with Crippen LogP contribution in [0, 0.1) is 0 Å². The van der Waals surface area contributed by atoms with Gasteiger partial charge in [0.2, 0.25) is 23.6 Å². The second-order valence-electron chi connectivity index (χ2n) is 10.1. The van der Waals surface area contributed by atoms with E-state index >= 15 is 0 Å². The molecule has 0 bridgehead atoms. The number of unbranched alkanes of at least 4 members (excludes halogenated alkanes) is 5. The number of aliphatic carboxylic acids is 2. The molecule has 0 rings (SSSR count). The van der Waals surface area contributed by atoms with Gasteiger partial charge in [-0.25, -0.2) is 4.79 Å². The average Bonchev–Trinajstić information content (AvgIpc) is 3.20. The second kappa shape index (κ2) is 61.8. The minimum atomic E-state index is -1.14. The Bertz CT molecular complexity index is 816. The van der Waals surface area contributed by atoms with Crippen LogP contribution in [0.15, 0.2) is 0 Å². The largest absolute Gasteiger partial charge is 0.481 e. The van der Waals surface area contributed by atoms with Crippen LogP contribution in [0.1, 0.15) is 173 Å². The molecule has 14 heteroatoms. The molecule has 54 heavy (non-hydrogen) atoms. The van der Waals surface area contributed by atoms with Crippen molar-refractivity contribution in [3.63, 3.8) is 0 Å². The maximum atomic E-state index is 11.8. The molecule has 1 atom stereocenters. The van der Waals surface area contributed by atoms with Crippen LogP contribution in [-0.4, -0.2) is 97.9 Å². The van der Waals surface area contributed by atoms with E-state index in [9.17, 15) is 28.8 Å². The van der Waals surface area contributed by atoms with Crippen molar-refractivity contribution >= 4 is 35.6 Å². The third kappa shape index (κ3) is 63.8. The van der Waals surface area contributed by atoms with Gasteiger partial charge in [0.25, 0.3) is 0 Å². The van der Waals surface area contributed by atoms with Crippen LogP contribution in [0.25, 0.3) is 0 Å². The van der Waals surface area contributed by atoms with Crippen molar-refractivity contribution < 1.29 is 48.5 Å². The summed E-state index contributed by atoms with van der Waals surface area (Å²) in [6.45, 7) is 28.8. The Labute approximate surface area is 330 Å². The Morgan fingerprint density at radius 1 is 0.500 bits per heavy atom. The lowest BCUT2D eigenvalue weighted by molar-refractivity contribution is -0.142. The van der Waals surface area contributed by atoms with E-state index in [1.807, 2.05) is 83.1 Å². The van der Waals surface area contributed by atoms with Gasteiger partial charge in [-0.3, -0.25) is 24.0 Å². The number of rotatable bonds is 27. The van der Waals surface area contributed by atoms with Gasteiger partial charge in [0.05, 0.1) is 13.2 Å². The van der Waals surface area contributed by atoms with Crippen molar-refractivity contribution in [1.29, 1.82) is 0 Å². The first kappa shape index (κ1) is 65.6. The summed E-state index contributed by atoms with van der Waals surface area (Å²) in [5.74, 6) is -2.57. The van der Waals surface area contributed by atoms with Crippen molar-refractivity contribution in [2.75, 3.05) is 46.1 Å². The predicted molar refractivity (Wildman–Crippen MR) is 222 cm³/mol. The zero-order chi connectivity index (χ0) is 43.4. The number of hydrogen-bond acceptors (Lipinski definition) is 8. The second-order valence-corrected chi connectivity index (χ2v) is 10.1. The molecule has 326 valence electrons. The smallest absolute Gasteiger partial charge is 0.326 e. The van der Waals surface area contributed by atoms with Gasteiger partial charge in [-0.15, -0.1) is 0 Å². The Morgan fingerprint density at radius 2 is 0.963 bits per heavy atom. The first-order valence-corrected chi connectivity index (χ1v) is 20.8. The van der Waals surface area contributed by atoms with Gasteiger partial charge >= 0.3 is 11.9 Å². The minimum Gasteiger partial charge on any atom is -0.481 e. The highest BCUT2D eigenvalue weighted by molar-refractivity contribution is 5.84. The molecular formula is C40H86N4O10. The van der Waals surface area contributed by atoms with Crippen LogP contribution >= 0.6 is 0 Å². The van der Waals surface area contributed by atoms with Crippen LogP contribution in [-0.2, 0) is 38.2 Å². The van der Waals surface area contributed by atoms with Gasteiger partial charge in [-0.05, 0) is 32.1 Å². The Balaban J connectivity index is -0.000000137. The van der Waals surface area contributed by atoms with Gasteiger partial charge < -0.3 is 41.0 Å². The first-order chi connectivity index (χ1) is 26.1. The van der Waals surface area contributed by atoms with Crippen molar-refractivity contribution in [2.24, 2.45) is 0 Å². The third-order valence-electron chi connectivity index (χ3n) is 5.95. The highest BCUT2D eigenvalue weighted by Crippen LogP contribution is 2.09. The van der Waals surface area contributed by atoms with E-state index in [2.05, 4.69) is 21.3 Å². The minimum absolute atomic E-state index is 0.0139. The van der Waals surface area contributed by atoms with Gasteiger partial charge in [0.1, 0.15) is 12.6 Å². The van der Waals surface area contributed by atoms with Crippen LogP contribution in [0.4, 0.5) is 0 Å². The van der Waals surface area contributed by atoms with E-state index in [1.165, 1.54) is 0 Å². The fraction of sp³-hybridized carbons (Fsp3) is 0.850. The molecule has 14 nitrogen and oxygen atoms in total. The Kier molecular flexibility index (Phi) is 75.0. The zero-order valence-corrected chi connectivity index (χ0v) is 36.9. The Hall–Kier alpha value is -3.26. The number of carboxylic acid groups (broad SMARTS) is 2. The quantitative estimate of drug-likeness (QED) is 0.0459. The monoisotopic (exact) mass is 783 g/mol. The number of hydrogen-bond donors (Lipinski definition) is 6. The van der Waals surface area contributed by atoms with E-state index < -0.39 is 18.0 Å². The zero-order valence-electron chi connectivity index (χ0n) is 36.9. The Morgan fingerprint density at radius 3 is 1.41 bits per heavy atom. The van der Waals surface area contributed by atoms with Gasteiger partial charge in [-0.1, -0.05) is 116 Å². The van der Waals surface area contributed by atoms with Crippen LogP contribution in [0.3, 0.4) is 0 Å². The molecule has 6 N–H and O–H groups in total. The van der Waals surface area contributed by atoms with Crippen LogP contribution in [0.5, 0.6) is 0 Å². The molecule has 0 radical (unpaired) electrons. The molecule has 0 fully saturated rings. The summed E-state index contributed by atoms with van der Waals surface area (Å²) >= 11 is 0. The van der Waals surface area contributed by atoms with Crippen molar-refractivity contribution in [3.8, 4) is 0 Å². The fourth-order valence-corrected chi connectivity index (χ4v) is 3.53. The SMILES string of the molecule is CC.CC.CC.CC.CC.CCCNC(=O)CCC(NC(=O)CCCCCCCCC(=O)O)C(=O)O.CCCOCC(=O)NCCOCCNC(=O)CC. The lowest BCUT2D eigenvalue weighted by atomic mass is 10.1. The molecule has 0 aromatic carbocycles. The predicted octanol–water partition coefficient (Wildman–Crippen LogP) is 7.27. The molecule has 0 aliphatic rings. The van der Waals surface area contributed by atoms with E-state index in [0.717, 1.165) is 38.5 Å². The standard InChI is InChI=1S/C18H32N2O6.C12H24N2O4.5C2H6/c1-2-13-19-15(21)12-11-14(18(25)26)20-16(22)9-7-5-3-4-6-8-10-17(23)24;1-3-7-18-10-12(16)14-6-9-17-8-5-13-11(15)4-2;5*1-2/h14H,2-13H2,1H3,(H,19,21)(H,20,22)(H,23,24)(H,25,26);3-10H2,1-2H3,(H,13,15)(H,14,16);5*1-2H3. The highest BCUT2D eigenvalue weighted by atomic mass is 16.5. The molecule has 0 saturated heterocycles. The highest BCUT2D eigenvalue weighted by Gasteiger charge is 2.20. The van der Waals surface area contributed by atoms with Gasteiger partial charge in [0.15, 0.2) is 0 Å². The number of carboxylic acids is 2. The topological polar surface area (TPSA) is 209 Å². The molecule has 0 aliphatic carbocycles. The summed E-state index contributed by atoms with van der Waals surface area (Å²) in [6.07, 6.45) is 7.65. The summed E-state index contributed by atoms with van der Waals surface area (Å²) in [5.41, 5.74) is 0. The van der Waals surface area contributed by atoms with E-state index in [4.69, 9.17) is 19.7 Å². The maximum Gasteiger partial charge on any atom is 0.326 e. The van der Waals surface area contributed by atoms with E-state index in [-0.39, 0.29) is 55.9 Å². The number of amides is 4. The number of carbonyl (C=O) groups is 6. The normalized spacial score (nSPS) is 9.50. The molecule has 0 heterocycles. The number of carbonyl (C=O) groups excluding carboxylic acids is 4. The summed E-state index contributed by atoms with van der Waals surface area (Å²) in [6, 6.07) is -1.05. The van der Waals surface area contributed by atoms with Crippen molar-refractivity contribution in [2.45, 2.75) is 180 Å². The maximum absolute atomic E-state index is 11.8. The summed E-state index contributed by atoms with van der Waals surface area (Å²) in [4.78, 5) is 67.0. The van der Waals surface area contributed by atoms with Gasteiger partial charge in [0, 0.05) is 51.9 Å². The lowest BCUT2D eigenvalue weighted by Crippen LogP contribution is -2.41. The molecule has 0 aromatic heterocycles. The molecule has 0 spiro atoms. The van der Waals surface area contributed by atoms with Crippen molar-refractivity contribution in [1.82, 2.24) is 21.3 Å². The molecule has 4 amide bonds. The van der Waals surface area contributed by atoms with Gasteiger partial charge in [-0.2, -0.15) is 0 Å². The third-order valence-corrected chi connectivity index (χ3v) is 5.95. The van der Waals surface area contributed by atoms with Crippen molar-refractivity contribution in [3.05, 3.63) is 0 Å². The summed E-state index contributed by atoms with van der Waals surface area (Å²) in [7, 11) is 0. The van der Waals surface area contributed by atoms with Crippen LogP contribution < -0.4 is 21.3 Å². The summed E-state index contributed by atoms with van der Waals surface area (Å²) in [5, 5.41) is 28.2. The first-order valence-electron chi connectivity index (χ1n) is 20.8. The summed E-state index contributed by atoms with van der Waals surface area (Å²) < 4.78 is 10.3. The van der Waals surface area contributed by atoms with E-state index in [0.29, 0.717) is 58.7 Å². The van der Waals surface area contributed by atoms with E-state index in [1.54, 1.807) is 6.92 Å². The molecule has 0 saturated carbocycles. The molecular weight excluding hydrogens is 696 g/mol. The number of nitrogens with one attached hydrogen (secondary N) is 4. The van der Waals surface area contributed by atoms with Crippen LogP contribution in [0.2, 0.25) is 0 Å². The fourth-order valence-electron chi connectivity index (χ4n) is 3.53. The average molecular weight is 783 g/mol. The molecule has 0 aromatic rings. The lowest BCUT2D eigenvalue weighted by Gasteiger charge is -2.14. The molecule has 0 aliphatic heterocycles. The number of ether oxygens (including phenoxy) is 2. The molecule has 1 unspecified atom stereocenters.